The van der Waals surface area contributed by atoms with Crippen molar-refractivity contribution in [2.75, 3.05) is 13.2 Å². The fourth-order valence-electron chi connectivity index (χ4n) is 6.73. The van der Waals surface area contributed by atoms with E-state index in [4.69, 9.17) is 9.47 Å². The van der Waals surface area contributed by atoms with E-state index in [9.17, 15) is 0 Å². The first-order valence-electron chi connectivity index (χ1n) is 21.1. The molecule has 0 aliphatic heterocycles. The predicted octanol–water partition coefficient (Wildman–Crippen LogP) is 5.48. The van der Waals surface area contributed by atoms with Gasteiger partial charge in [0.15, 0.2) is 13.5 Å². The normalized spacial score (nSPS) is 11.2. The molecule has 2 heterocycles. The van der Waals surface area contributed by atoms with E-state index in [-0.39, 0.29) is 24.8 Å². The van der Waals surface area contributed by atoms with Crippen LogP contribution in [0.3, 0.4) is 0 Å². The van der Waals surface area contributed by atoms with Crippen LogP contribution in [0.4, 0.5) is 0 Å². The first-order chi connectivity index (χ1) is 23.8. The van der Waals surface area contributed by atoms with Gasteiger partial charge in [0.05, 0.1) is 26.3 Å². The summed E-state index contributed by atoms with van der Waals surface area (Å²) in [6.45, 7) is 9.18. The molecule has 2 aromatic heterocycles. The van der Waals surface area contributed by atoms with Gasteiger partial charge in [0.1, 0.15) is 24.8 Å². The van der Waals surface area contributed by atoms with Crippen molar-refractivity contribution in [3.05, 3.63) is 37.4 Å². The summed E-state index contributed by atoms with van der Waals surface area (Å²) in [5.41, 5.74) is 0. The Morgan fingerprint density at radius 2 is 0.640 bits per heavy atom. The Hall–Kier alpha value is -1.08. The van der Waals surface area contributed by atoms with Gasteiger partial charge in [-0.05, 0) is 25.7 Å². The van der Waals surface area contributed by atoms with E-state index in [1.54, 1.807) is 0 Å². The van der Waals surface area contributed by atoms with E-state index in [2.05, 4.69) is 69.6 Å². The minimum atomic E-state index is 0. The Labute approximate surface area is 322 Å². The Bertz CT molecular complexity index is 864. The summed E-state index contributed by atoms with van der Waals surface area (Å²) in [7, 11) is 0. The van der Waals surface area contributed by atoms with Crippen LogP contribution >= 0.6 is 0 Å². The molecule has 0 aromatic carbocycles. The van der Waals surface area contributed by atoms with Crippen molar-refractivity contribution in [1.82, 2.24) is 9.13 Å². The maximum Gasteiger partial charge on any atom is 0.245 e. The number of imidazole rings is 2. The molecule has 6 nitrogen and oxygen atoms in total. The van der Waals surface area contributed by atoms with Crippen LogP contribution in [0.25, 0.3) is 0 Å². The summed E-state index contributed by atoms with van der Waals surface area (Å²) >= 11 is 0. The molecule has 0 amide bonds. The van der Waals surface area contributed by atoms with Gasteiger partial charge in [0, 0.05) is 0 Å². The molecule has 2 rings (SSSR count). The number of hydrogen-bond donors (Lipinski definition) is 0. The minimum Gasteiger partial charge on any atom is -1.00 e. The molecule has 0 radical (unpaired) electrons. The molecular formula is C42H80Cl2N4O2. The summed E-state index contributed by atoms with van der Waals surface area (Å²) in [6.07, 6.45) is 52.3. The maximum absolute atomic E-state index is 5.85. The Morgan fingerprint density at radius 3 is 0.920 bits per heavy atom. The molecule has 0 bridgehead atoms. The van der Waals surface area contributed by atoms with Gasteiger partial charge in [-0.25, -0.2) is 18.3 Å². The monoisotopic (exact) mass is 743 g/mol. The third-order valence-electron chi connectivity index (χ3n) is 9.88. The van der Waals surface area contributed by atoms with E-state index >= 15 is 0 Å². The average molecular weight is 744 g/mol. The molecule has 0 unspecified atom stereocenters. The highest BCUT2D eigenvalue weighted by molar-refractivity contribution is 4.67. The van der Waals surface area contributed by atoms with Crippen molar-refractivity contribution in [2.45, 2.75) is 220 Å². The third-order valence-corrected chi connectivity index (χ3v) is 9.88. The largest absolute Gasteiger partial charge is 1.00 e. The molecule has 0 saturated carbocycles. The lowest BCUT2D eigenvalue weighted by Crippen LogP contribution is -3.00. The Balaban J connectivity index is 0.0000120. The Kier molecular flexibility index (Phi) is 36.9. The second-order valence-electron chi connectivity index (χ2n) is 14.6. The molecule has 294 valence electrons. The molecule has 0 aliphatic carbocycles. The van der Waals surface area contributed by atoms with Crippen molar-refractivity contribution >= 4 is 0 Å². The molecule has 0 atom stereocenters. The SMILES string of the molecule is CCCCCCCCCCCCCCCCn1cc[n+](COCCOC[n+]2ccn(CCCCCCCCCCCCCCCC)c2)c1.[Cl-].[Cl-]. The Morgan fingerprint density at radius 1 is 0.380 bits per heavy atom. The van der Waals surface area contributed by atoms with Crippen molar-refractivity contribution in [2.24, 2.45) is 0 Å². The number of nitrogens with zero attached hydrogens (tertiary/aromatic N) is 4. The van der Waals surface area contributed by atoms with Crippen LogP contribution in [0, 0.1) is 0 Å². The van der Waals surface area contributed by atoms with Crippen LogP contribution in [-0.2, 0) is 36.0 Å². The van der Waals surface area contributed by atoms with E-state index < -0.39 is 0 Å². The highest BCUT2D eigenvalue weighted by atomic mass is 35.5. The van der Waals surface area contributed by atoms with Gasteiger partial charge in [-0.2, -0.15) is 0 Å². The first kappa shape index (κ1) is 48.9. The molecule has 0 N–H and O–H groups in total. The van der Waals surface area contributed by atoms with Crippen molar-refractivity contribution in [3.8, 4) is 0 Å². The highest BCUT2D eigenvalue weighted by Crippen LogP contribution is 2.14. The summed E-state index contributed by atoms with van der Waals surface area (Å²) in [4.78, 5) is 0. The summed E-state index contributed by atoms with van der Waals surface area (Å²) in [5.74, 6) is 0. The fourth-order valence-corrected chi connectivity index (χ4v) is 6.73. The van der Waals surface area contributed by atoms with Gasteiger partial charge in [-0.15, -0.1) is 0 Å². The lowest BCUT2D eigenvalue weighted by atomic mass is 10.0. The minimum absolute atomic E-state index is 0. The number of aryl methyl sites for hydroxylation is 2. The summed E-state index contributed by atoms with van der Waals surface area (Å²) in [6, 6.07) is 0. The molecule has 0 fully saturated rings. The number of halogens is 2. The maximum atomic E-state index is 5.85. The van der Waals surface area contributed by atoms with Gasteiger partial charge < -0.3 is 34.3 Å². The molecule has 2 aromatic rings. The van der Waals surface area contributed by atoms with E-state index in [0.29, 0.717) is 26.7 Å². The molecule has 0 saturated heterocycles. The van der Waals surface area contributed by atoms with E-state index in [1.807, 2.05) is 0 Å². The average Bonchev–Trinajstić information content (AvgIpc) is 3.76. The van der Waals surface area contributed by atoms with E-state index in [0.717, 1.165) is 13.1 Å². The number of ether oxygens (including phenoxy) is 2. The molecule has 0 aliphatic rings. The lowest BCUT2D eigenvalue weighted by molar-refractivity contribution is -0.737. The lowest BCUT2D eigenvalue weighted by Gasteiger charge is -2.03. The summed E-state index contributed by atoms with van der Waals surface area (Å²) in [5, 5.41) is 0. The zero-order valence-corrected chi connectivity index (χ0v) is 34.4. The zero-order valence-electron chi connectivity index (χ0n) is 32.9. The van der Waals surface area contributed by atoms with E-state index in [1.165, 1.54) is 180 Å². The zero-order chi connectivity index (χ0) is 34.0. The quantitative estimate of drug-likeness (QED) is 0.0680. The predicted molar refractivity (Wildman–Crippen MR) is 202 cm³/mol. The van der Waals surface area contributed by atoms with Gasteiger partial charge >= 0.3 is 0 Å². The molecular weight excluding hydrogens is 663 g/mol. The van der Waals surface area contributed by atoms with Gasteiger partial charge in [0.2, 0.25) is 12.7 Å². The van der Waals surface area contributed by atoms with Crippen LogP contribution in [0.15, 0.2) is 37.4 Å². The van der Waals surface area contributed by atoms with Gasteiger partial charge in [-0.3, -0.25) is 0 Å². The number of hydrogen-bond acceptors (Lipinski definition) is 2. The fraction of sp³-hybridized carbons (Fsp3) is 0.857. The van der Waals surface area contributed by atoms with Crippen LogP contribution in [-0.4, -0.2) is 22.3 Å². The van der Waals surface area contributed by atoms with Crippen molar-refractivity contribution in [1.29, 1.82) is 0 Å². The highest BCUT2D eigenvalue weighted by Gasteiger charge is 2.06. The van der Waals surface area contributed by atoms with Crippen LogP contribution in [0.2, 0.25) is 0 Å². The van der Waals surface area contributed by atoms with Gasteiger partial charge in [0.25, 0.3) is 0 Å². The first-order valence-corrected chi connectivity index (χ1v) is 21.1. The standard InChI is InChI=1S/C42H80N4O2.2ClH/c1-3-5-7-9-11-13-15-17-19-21-23-25-27-29-31-43-33-35-45(39-43)41-47-37-38-48-42-46-36-34-44(40-46)32-30-28-26-24-22-20-18-16-14-12-10-8-6-4-2;;/h33-36,39-40H,3-32,37-38,41-42H2,1-2H3;2*1H/q+2;;/p-2. The smallest absolute Gasteiger partial charge is 0.245 e. The number of rotatable bonds is 37. The number of aromatic nitrogens is 4. The molecule has 8 heteroatoms. The van der Waals surface area contributed by atoms with Crippen molar-refractivity contribution < 1.29 is 43.4 Å². The molecule has 50 heavy (non-hydrogen) atoms. The van der Waals surface area contributed by atoms with Gasteiger partial charge in [-0.1, -0.05) is 168 Å². The second kappa shape index (κ2) is 37.7. The number of unbranched alkanes of at least 4 members (excludes halogenated alkanes) is 26. The summed E-state index contributed by atoms with van der Waals surface area (Å²) < 4.78 is 20.5. The van der Waals surface area contributed by atoms with Crippen molar-refractivity contribution in [3.63, 3.8) is 0 Å². The molecule has 0 spiro atoms. The van der Waals surface area contributed by atoms with Crippen LogP contribution in [0.1, 0.15) is 194 Å². The topological polar surface area (TPSA) is 36.1 Å². The third kappa shape index (κ3) is 29.5. The van der Waals surface area contributed by atoms with Crippen LogP contribution in [0.5, 0.6) is 0 Å². The van der Waals surface area contributed by atoms with Crippen LogP contribution < -0.4 is 33.9 Å². The second-order valence-corrected chi connectivity index (χ2v) is 14.6.